The Kier molecular flexibility index (Phi) is 6.06. The SMILES string of the molecule is CCOc1ccc(S(=O)(=O)NCCC(=O)Nc2ccc3c(c2)Cc2ccccc2-3)cc1. The molecule has 160 valence electrons. The van der Waals surface area contributed by atoms with Crippen LogP contribution in [0.5, 0.6) is 5.75 Å². The maximum atomic E-state index is 12.4. The van der Waals surface area contributed by atoms with Gasteiger partial charge in [-0.3, -0.25) is 4.79 Å². The van der Waals surface area contributed by atoms with Crippen LogP contribution in [-0.4, -0.2) is 27.5 Å². The maximum Gasteiger partial charge on any atom is 0.240 e. The number of benzene rings is 3. The van der Waals surface area contributed by atoms with Crippen LogP contribution in [-0.2, 0) is 21.2 Å². The predicted molar refractivity (Wildman–Crippen MR) is 121 cm³/mol. The Morgan fingerprint density at radius 2 is 1.71 bits per heavy atom. The first-order valence-corrected chi connectivity index (χ1v) is 11.7. The molecule has 0 aliphatic heterocycles. The van der Waals surface area contributed by atoms with E-state index in [2.05, 4.69) is 22.2 Å². The average molecular weight is 437 g/mol. The molecule has 0 atom stereocenters. The molecule has 0 unspecified atom stereocenters. The molecule has 0 bridgehead atoms. The van der Waals surface area contributed by atoms with Gasteiger partial charge in [-0.25, -0.2) is 13.1 Å². The lowest BCUT2D eigenvalue weighted by Gasteiger charge is -2.10. The summed E-state index contributed by atoms with van der Waals surface area (Å²) >= 11 is 0. The van der Waals surface area contributed by atoms with Gasteiger partial charge in [0.05, 0.1) is 11.5 Å². The number of rotatable bonds is 8. The van der Waals surface area contributed by atoms with Crippen LogP contribution in [0, 0.1) is 0 Å². The molecule has 6 nitrogen and oxygen atoms in total. The third kappa shape index (κ3) is 4.78. The molecule has 0 aromatic heterocycles. The number of carbonyl (C=O) groups excluding carboxylic acids is 1. The summed E-state index contributed by atoms with van der Waals surface area (Å²) in [6.07, 6.45) is 0.880. The zero-order chi connectivity index (χ0) is 21.8. The Balaban J connectivity index is 1.31. The first kappa shape index (κ1) is 21.1. The molecule has 3 aromatic rings. The molecule has 4 rings (SSSR count). The van der Waals surface area contributed by atoms with Gasteiger partial charge in [0, 0.05) is 18.7 Å². The number of nitrogens with one attached hydrogen (secondary N) is 2. The molecule has 0 radical (unpaired) electrons. The van der Waals surface area contributed by atoms with E-state index in [4.69, 9.17) is 4.74 Å². The van der Waals surface area contributed by atoms with Gasteiger partial charge >= 0.3 is 0 Å². The molecular formula is C24H24N2O4S. The Morgan fingerprint density at radius 3 is 2.48 bits per heavy atom. The highest BCUT2D eigenvalue weighted by Gasteiger charge is 2.18. The summed E-state index contributed by atoms with van der Waals surface area (Å²) in [4.78, 5) is 12.4. The largest absolute Gasteiger partial charge is 0.494 e. The van der Waals surface area contributed by atoms with Crippen LogP contribution < -0.4 is 14.8 Å². The van der Waals surface area contributed by atoms with E-state index in [1.165, 1.54) is 34.4 Å². The first-order valence-electron chi connectivity index (χ1n) is 10.2. The van der Waals surface area contributed by atoms with Crippen molar-refractivity contribution in [2.24, 2.45) is 0 Å². The molecule has 7 heteroatoms. The fraction of sp³-hybridized carbons (Fsp3) is 0.208. The minimum absolute atomic E-state index is 0.0117. The summed E-state index contributed by atoms with van der Waals surface area (Å²) in [5.41, 5.74) is 5.60. The van der Waals surface area contributed by atoms with Gasteiger partial charge in [0.1, 0.15) is 5.75 Å². The Hall–Kier alpha value is -3.16. The normalized spacial score (nSPS) is 12.2. The Bertz CT molecular complexity index is 1200. The van der Waals surface area contributed by atoms with Crippen molar-refractivity contribution in [3.8, 4) is 16.9 Å². The van der Waals surface area contributed by atoms with Gasteiger partial charge in [0.25, 0.3) is 0 Å². The highest BCUT2D eigenvalue weighted by Crippen LogP contribution is 2.37. The second-order valence-electron chi connectivity index (χ2n) is 7.31. The minimum atomic E-state index is -3.68. The molecule has 0 saturated carbocycles. The summed E-state index contributed by atoms with van der Waals surface area (Å²) in [5, 5.41) is 2.86. The lowest BCUT2D eigenvalue weighted by atomic mass is 10.1. The van der Waals surface area contributed by atoms with Crippen LogP contribution in [0.15, 0.2) is 71.6 Å². The average Bonchev–Trinajstić information content (AvgIpc) is 3.12. The molecule has 3 aromatic carbocycles. The van der Waals surface area contributed by atoms with Crippen molar-refractivity contribution in [2.75, 3.05) is 18.5 Å². The van der Waals surface area contributed by atoms with E-state index in [1.54, 1.807) is 12.1 Å². The number of carbonyl (C=O) groups is 1. The number of hydrogen-bond donors (Lipinski definition) is 2. The van der Waals surface area contributed by atoms with E-state index in [0.717, 1.165) is 6.42 Å². The lowest BCUT2D eigenvalue weighted by molar-refractivity contribution is -0.116. The molecule has 1 aliphatic carbocycles. The van der Waals surface area contributed by atoms with Crippen molar-refractivity contribution in [2.45, 2.75) is 24.7 Å². The van der Waals surface area contributed by atoms with E-state index in [1.807, 2.05) is 37.3 Å². The highest BCUT2D eigenvalue weighted by atomic mass is 32.2. The second kappa shape index (κ2) is 8.91. The Morgan fingerprint density at radius 1 is 0.968 bits per heavy atom. The van der Waals surface area contributed by atoms with Crippen molar-refractivity contribution >= 4 is 21.6 Å². The second-order valence-corrected chi connectivity index (χ2v) is 9.07. The lowest BCUT2D eigenvalue weighted by Crippen LogP contribution is -2.27. The van der Waals surface area contributed by atoms with Crippen LogP contribution >= 0.6 is 0 Å². The molecule has 2 N–H and O–H groups in total. The van der Waals surface area contributed by atoms with Gasteiger partial charge < -0.3 is 10.1 Å². The molecule has 0 heterocycles. The van der Waals surface area contributed by atoms with Crippen LogP contribution in [0.4, 0.5) is 5.69 Å². The van der Waals surface area contributed by atoms with E-state index in [9.17, 15) is 13.2 Å². The van der Waals surface area contributed by atoms with Crippen LogP contribution in [0.2, 0.25) is 0 Å². The molecule has 0 spiro atoms. The number of amides is 1. The number of anilines is 1. The number of ether oxygens (including phenoxy) is 1. The minimum Gasteiger partial charge on any atom is -0.494 e. The molecule has 1 aliphatic rings. The van der Waals surface area contributed by atoms with Gasteiger partial charge in [-0.05, 0) is 72.0 Å². The van der Waals surface area contributed by atoms with Gasteiger partial charge in [-0.15, -0.1) is 0 Å². The summed E-state index contributed by atoms with van der Waals surface area (Å²) in [5.74, 6) is 0.364. The molecule has 1 amide bonds. The van der Waals surface area contributed by atoms with Gasteiger partial charge in [0.2, 0.25) is 15.9 Å². The van der Waals surface area contributed by atoms with Crippen molar-refractivity contribution in [3.05, 3.63) is 77.9 Å². The van der Waals surface area contributed by atoms with Crippen molar-refractivity contribution in [1.29, 1.82) is 0 Å². The summed E-state index contributed by atoms with van der Waals surface area (Å²) < 4.78 is 32.6. The number of fused-ring (bicyclic) bond motifs is 3. The predicted octanol–water partition coefficient (Wildman–Crippen LogP) is 3.96. The maximum absolute atomic E-state index is 12.4. The quantitative estimate of drug-likeness (QED) is 0.438. The first-order chi connectivity index (χ1) is 15.0. The summed E-state index contributed by atoms with van der Waals surface area (Å²) in [6, 6.07) is 20.3. The van der Waals surface area contributed by atoms with Gasteiger partial charge in [-0.2, -0.15) is 0 Å². The van der Waals surface area contributed by atoms with Crippen LogP contribution in [0.1, 0.15) is 24.5 Å². The van der Waals surface area contributed by atoms with Gasteiger partial charge in [0.15, 0.2) is 0 Å². The Labute approximate surface area is 182 Å². The van der Waals surface area contributed by atoms with Crippen molar-refractivity contribution in [1.82, 2.24) is 4.72 Å². The topological polar surface area (TPSA) is 84.5 Å². The van der Waals surface area contributed by atoms with E-state index < -0.39 is 10.0 Å². The fourth-order valence-electron chi connectivity index (χ4n) is 3.71. The molecule has 0 fully saturated rings. The summed E-state index contributed by atoms with van der Waals surface area (Å²) in [7, 11) is -3.68. The zero-order valence-corrected chi connectivity index (χ0v) is 18.0. The third-order valence-corrected chi connectivity index (χ3v) is 6.64. The van der Waals surface area contributed by atoms with Crippen LogP contribution in [0.25, 0.3) is 11.1 Å². The third-order valence-electron chi connectivity index (χ3n) is 5.17. The number of hydrogen-bond acceptors (Lipinski definition) is 4. The van der Waals surface area contributed by atoms with E-state index in [-0.39, 0.29) is 23.8 Å². The monoisotopic (exact) mass is 436 g/mol. The fourth-order valence-corrected chi connectivity index (χ4v) is 4.74. The van der Waals surface area contributed by atoms with Crippen molar-refractivity contribution < 1.29 is 17.9 Å². The van der Waals surface area contributed by atoms with Crippen LogP contribution in [0.3, 0.4) is 0 Å². The summed E-state index contributed by atoms with van der Waals surface area (Å²) in [6.45, 7) is 2.38. The van der Waals surface area contributed by atoms with Gasteiger partial charge in [-0.1, -0.05) is 30.3 Å². The molecule has 31 heavy (non-hydrogen) atoms. The van der Waals surface area contributed by atoms with E-state index in [0.29, 0.717) is 18.0 Å². The highest BCUT2D eigenvalue weighted by molar-refractivity contribution is 7.89. The molecular weight excluding hydrogens is 412 g/mol. The zero-order valence-electron chi connectivity index (χ0n) is 17.2. The standard InChI is InChI=1S/C24H24N2O4S/c1-2-30-20-8-10-21(11-9-20)31(28,29)25-14-13-24(27)26-19-7-12-23-18(16-19)15-17-5-3-4-6-22(17)23/h3-12,16,25H,2,13-15H2,1H3,(H,26,27). The van der Waals surface area contributed by atoms with Crippen molar-refractivity contribution in [3.63, 3.8) is 0 Å². The van der Waals surface area contributed by atoms with E-state index >= 15 is 0 Å². The number of sulfonamides is 1. The molecule has 0 saturated heterocycles. The smallest absolute Gasteiger partial charge is 0.240 e.